The van der Waals surface area contributed by atoms with Crippen molar-refractivity contribution in [2.75, 3.05) is 7.05 Å². The van der Waals surface area contributed by atoms with E-state index in [0.29, 0.717) is 6.04 Å². The van der Waals surface area contributed by atoms with Crippen molar-refractivity contribution in [3.8, 4) is 10.4 Å². The van der Waals surface area contributed by atoms with Crippen LogP contribution in [0.15, 0.2) is 30.3 Å². The van der Waals surface area contributed by atoms with Crippen LogP contribution in [0.1, 0.15) is 17.8 Å². The molecule has 0 fully saturated rings. The smallest absolute Gasteiger partial charge is 0.124 e. The molecule has 0 aliphatic carbocycles. The third-order valence-corrected chi connectivity index (χ3v) is 4.88. The van der Waals surface area contributed by atoms with E-state index >= 15 is 0 Å². The van der Waals surface area contributed by atoms with Crippen molar-refractivity contribution in [3.63, 3.8) is 0 Å². The molecule has 0 spiro atoms. The third-order valence-electron chi connectivity index (χ3n) is 2.68. The monoisotopic (exact) mass is 361 g/mol. The van der Waals surface area contributed by atoms with Gasteiger partial charge in [-0.05, 0) is 66.9 Å². The van der Waals surface area contributed by atoms with Crippen molar-refractivity contribution < 1.29 is 4.39 Å². The molecule has 0 aliphatic rings. The summed E-state index contributed by atoms with van der Waals surface area (Å²) in [4.78, 5) is 2.48. The lowest BCUT2D eigenvalue weighted by Gasteiger charge is -2.06. The Kier molecular flexibility index (Phi) is 4.17. The largest absolute Gasteiger partial charge is 0.313 e. The van der Waals surface area contributed by atoms with E-state index in [1.807, 2.05) is 13.1 Å². The first kappa shape index (κ1) is 13.0. The number of rotatable bonds is 3. The molecule has 0 amide bonds. The Hall–Kier alpha value is -0.460. The fourth-order valence-electron chi connectivity index (χ4n) is 1.56. The maximum absolute atomic E-state index is 13.0. The molecule has 0 aliphatic heterocycles. The minimum atomic E-state index is -0.182. The van der Waals surface area contributed by atoms with E-state index in [-0.39, 0.29) is 5.82 Å². The Labute approximate surface area is 118 Å². The molecule has 1 N–H and O–H groups in total. The van der Waals surface area contributed by atoms with Gasteiger partial charge in [0.05, 0.1) is 0 Å². The average Bonchev–Trinajstić information content (AvgIpc) is 2.77. The van der Waals surface area contributed by atoms with Crippen LogP contribution in [0, 0.1) is 9.39 Å². The molecule has 0 bridgehead atoms. The van der Waals surface area contributed by atoms with E-state index < -0.39 is 0 Å². The average molecular weight is 361 g/mol. The number of hydrogen-bond acceptors (Lipinski definition) is 2. The second-order valence-electron chi connectivity index (χ2n) is 3.84. The zero-order valence-electron chi connectivity index (χ0n) is 9.63. The SMILES string of the molecule is CNC(C)c1ccc(-c2ccc(F)cc2I)s1. The first-order valence-corrected chi connectivity index (χ1v) is 7.23. The topological polar surface area (TPSA) is 12.0 Å². The Morgan fingerprint density at radius 3 is 2.71 bits per heavy atom. The summed E-state index contributed by atoms with van der Waals surface area (Å²) < 4.78 is 14.0. The van der Waals surface area contributed by atoms with E-state index in [2.05, 4.69) is 47.0 Å². The van der Waals surface area contributed by atoms with Crippen LogP contribution >= 0.6 is 33.9 Å². The summed E-state index contributed by atoms with van der Waals surface area (Å²) >= 11 is 3.93. The second kappa shape index (κ2) is 5.46. The quantitative estimate of drug-likeness (QED) is 0.797. The van der Waals surface area contributed by atoms with Crippen LogP contribution in [0.5, 0.6) is 0 Å². The number of halogens is 2. The minimum absolute atomic E-state index is 0.182. The minimum Gasteiger partial charge on any atom is -0.313 e. The zero-order valence-corrected chi connectivity index (χ0v) is 12.6. The molecule has 1 aromatic heterocycles. The van der Waals surface area contributed by atoms with Crippen molar-refractivity contribution in [3.05, 3.63) is 44.6 Å². The normalized spacial score (nSPS) is 12.7. The summed E-state index contributed by atoms with van der Waals surface area (Å²) in [6, 6.07) is 9.50. The number of nitrogens with one attached hydrogen (secondary N) is 1. The molecule has 17 heavy (non-hydrogen) atoms. The first-order valence-electron chi connectivity index (χ1n) is 5.34. The predicted molar refractivity (Wildman–Crippen MR) is 79.9 cm³/mol. The van der Waals surface area contributed by atoms with E-state index in [1.54, 1.807) is 17.4 Å². The van der Waals surface area contributed by atoms with Crippen LogP contribution in [-0.4, -0.2) is 7.05 Å². The molecule has 1 heterocycles. The fourth-order valence-corrected chi connectivity index (χ4v) is 3.62. The standard InChI is InChI=1S/C13H13FINS/c1-8(16-2)12-5-6-13(17-12)10-4-3-9(14)7-11(10)15/h3-8,16H,1-2H3. The molecule has 1 nitrogen and oxygen atoms in total. The number of hydrogen-bond donors (Lipinski definition) is 1. The second-order valence-corrected chi connectivity index (χ2v) is 6.11. The highest BCUT2D eigenvalue weighted by Gasteiger charge is 2.10. The summed E-state index contributed by atoms with van der Waals surface area (Å²) in [6.07, 6.45) is 0. The highest BCUT2D eigenvalue weighted by Crippen LogP contribution is 2.34. The van der Waals surface area contributed by atoms with E-state index in [1.165, 1.54) is 15.8 Å². The van der Waals surface area contributed by atoms with Crippen LogP contribution in [0.2, 0.25) is 0 Å². The fraction of sp³-hybridized carbons (Fsp3) is 0.231. The molecule has 0 radical (unpaired) electrons. The van der Waals surface area contributed by atoms with Gasteiger partial charge in [-0.15, -0.1) is 11.3 Å². The molecule has 1 aromatic carbocycles. The highest BCUT2D eigenvalue weighted by molar-refractivity contribution is 14.1. The zero-order chi connectivity index (χ0) is 12.4. The summed E-state index contributed by atoms with van der Waals surface area (Å²) in [6.45, 7) is 2.13. The Bertz CT molecular complexity index is 524. The van der Waals surface area contributed by atoms with Crippen LogP contribution in [0.25, 0.3) is 10.4 Å². The van der Waals surface area contributed by atoms with E-state index in [0.717, 1.165) is 9.13 Å². The van der Waals surface area contributed by atoms with E-state index in [9.17, 15) is 4.39 Å². The Morgan fingerprint density at radius 1 is 1.29 bits per heavy atom. The summed E-state index contributed by atoms with van der Waals surface area (Å²) in [5, 5.41) is 3.22. The van der Waals surface area contributed by atoms with Crippen molar-refractivity contribution >= 4 is 33.9 Å². The summed E-state index contributed by atoms with van der Waals surface area (Å²) in [7, 11) is 1.95. The molecule has 4 heteroatoms. The Balaban J connectivity index is 2.37. The van der Waals surface area contributed by atoms with Crippen LogP contribution in [0.4, 0.5) is 4.39 Å². The molecular weight excluding hydrogens is 348 g/mol. The summed E-state index contributed by atoms with van der Waals surface area (Å²) in [5.74, 6) is -0.182. The van der Waals surface area contributed by atoms with Crippen LogP contribution in [0.3, 0.4) is 0 Å². The van der Waals surface area contributed by atoms with Crippen molar-refractivity contribution in [1.82, 2.24) is 5.32 Å². The summed E-state index contributed by atoms with van der Waals surface area (Å²) in [5.41, 5.74) is 1.10. The number of benzene rings is 1. The van der Waals surface area contributed by atoms with Gasteiger partial charge in [0, 0.05) is 24.9 Å². The predicted octanol–water partition coefficient (Wildman–Crippen LogP) is 4.44. The lowest BCUT2D eigenvalue weighted by atomic mass is 10.2. The lowest BCUT2D eigenvalue weighted by molar-refractivity contribution is 0.627. The first-order chi connectivity index (χ1) is 8.11. The van der Waals surface area contributed by atoms with Gasteiger partial charge in [-0.25, -0.2) is 4.39 Å². The van der Waals surface area contributed by atoms with Crippen molar-refractivity contribution in [2.45, 2.75) is 13.0 Å². The molecule has 1 unspecified atom stereocenters. The highest BCUT2D eigenvalue weighted by atomic mass is 127. The van der Waals surface area contributed by atoms with Gasteiger partial charge in [0.25, 0.3) is 0 Å². The van der Waals surface area contributed by atoms with Gasteiger partial charge in [0.1, 0.15) is 5.82 Å². The lowest BCUT2D eigenvalue weighted by Crippen LogP contribution is -2.10. The van der Waals surface area contributed by atoms with Gasteiger partial charge < -0.3 is 5.32 Å². The third kappa shape index (κ3) is 2.86. The van der Waals surface area contributed by atoms with Crippen LogP contribution < -0.4 is 5.32 Å². The Morgan fingerprint density at radius 2 is 2.06 bits per heavy atom. The van der Waals surface area contributed by atoms with Crippen molar-refractivity contribution in [1.29, 1.82) is 0 Å². The molecule has 90 valence electrons. The van der Waals surface area contributed by atoms with Gasteiger partial charge in [-0.2, -0.15) is 0 Å². The molecule has 0 saturated heterocycles. The van der Waals surface area contributed by atoms with Crippen LogP contribution in [-0.2, 0) is 0 Å². The molecule has 0 saturated carbocycles. The molecular formula is C13H13FINS. The maximum Gasteiger partial charge on any atom is 0.124 e. The maximum atomic E-state index is 13.0. The van der Waals surface area contributed by atoms with Gasteiger partial charge in [0.2, 0.25) is 0 Å². The molecule has 2 rings (SSSR count). The van der Waals surface area contributed by atoms with Gasteiger partial charge in [-0.1, -0.05) is 0 Å². The van der Waals surface area contributed by atoms with Gasteiger partial charge in [-0.3, -0.25) is 0 Å². The van der Waals surface area contributed by atoms with Gasteiger partial charge >= 0.3 is 0 Å². The van der Waals surface area contributed by atoms with Crippen molar-refractivity contribution in [2.24, 2.45) is 0 Å². The van der Waals surface area contributed by atoms with E-state index in [4.69, 9.17) is 0 Å². The number of thiophene rings is 1. The molecule has 2 aromatic rings. The molecule has 1 atom stereocenters. The van der Waals surface area contributed by atoms with Gasteiger partial charge in [0.15, 0.2) is 0 Å².